The van der Waals surface area contributed by atoms with Gasteiger partial charge >= 0.3 is 5.97 Å². The normalized spacial score (nSPS) is 13.9. The first kappa shape index (κ1) is 13.3. The number of rotatable bonds is 6. The number of hydrogen-bond donors (Lipinski definition) is 2. The largest absolute Gasteiger partial charge is 0.481 e. The first-order chi connectivity index (χ1) is 9.11. The van der Waals surface area contributed by atoms with E-state index in [4.69, 9.17) is 5.11 Å². The van der Waals surface area contributed by atoms with Gasteiger partial charge < -0.3 is 15.3 Å². The van der Waals surface area contributed by atoms with Crippen molar-refractivity contribution in [1.29, 1.82) is 0 Å². The quantitative estimate of drug-likeness (QED) is 0.796. The first-order valence-corrected chi connectivity index (χ1v) is 6.28. The number of hydrogen-bond acceptors (Lipinski definition) is 4. The molecular formula is C13H17N3O3. The number of aliphatic carboxylic acids is 1. The minimum absolute atomic E-state index is 0.0914. The maximum atomic E-state index is 11.6. The van der Waals surface area contributed by atoms with Crippen LogP contribution in [0.25, 0.3) is 0 Å². The predicted molar refractivity (Wildman–Crippen MR) is 70.2 cm³/mol. The van der Waals surface area contributed by atoms with Crippen LogP contribution in [0.4, 0.5) is 5.69 Å². The Morgan fingerprint density at radius 1 is 1.53 bits per heavy atom. The molecule has 6 heteroatoms. The van der Waals surface area contributed by atoms with Crippen LogP contribution >= 0.6 is 0 Å². The second-order valence-corrected chi connectivity index (χ2v) is 4.55. The van der Waals surface area contributed by atoms with Gasteiger partial charge in [-0.05, 0) is 25.0 Å². The predicted octanol–water partition coefficient (Wildman–Crippen LogP) is 0.885. The number of nitrogens with zero attached hydrogens (tertiary/aromatic N) is 2. The summed E-state index contributed by atoms with van der Waals surface area (Å²) in [5.41, 5.74) is 1.21. The van der Waals surface area contributed by atoms with E-state index in [0.717, 1.165) is 18.5 Å². The Morgan fingerprint density at radius 3 is 2.84 bits per heavy atom. The van der Waals surface area contributed by atoms with Gasteiger partial charge in [-0.15, -0.1) is 0 Å². The summed E-state index contributed by atoms with van der Waals surface area (Å²) in [5, 5.41) is 11.3. The number of amides is 1. The van der Waals surface area contributed by atoms with E-state index in [2.05, 4.69) is 10.3 Å². The molecule has 2 rings (SSSR count). The number of pyridine rings is 1. The maximum absolute atomic E-state index is 11.6. The standard InChI is InChI=1S/C13H17N3O3/c1-14-13(19)11-8-10(4-6-15-11)16(9-2-3-9)7-5-12(17)18/h4,6,8-9H,2-3,5,7H2,1H3,(H,14,19)(H,17,18). The summed E-state index contributed by atoms with van der Waals surface area (Å²) in [6, 6.07) is 3.91. The third kappa shape index (κ3) is 3.43. The van der Waals surface area contributed by atoms with E-state index in [9.17, 15) is 9.59 Å². The van der Waals surface area contributed by atoms with Gasteiger partial charge in [-0.3, -0.25) is 14.6 Å². The molecule has 0 saturated heterocycles. The van der Waals surface area contributed by atoms with E-state index in [1.165, 1.54) is 0 Å². The van der Waals surface area contributed by atoms with Gasteiger partial charge in [0.25, 0.3) is 5.91 Å². The average Bonchev–Trinajstić information content (AvgIpc) is 3.23. The third-order valence-corrected chi connectivity index (χ3v) is 3.09. The fraction of sp³-hybridized carbons (Fsp3) is 0.462. The summed E-state index contributed by atoms with van der Waals surface area (Å²) in [5.74, 6) is -1.05. The van der Waals surface area contributed by atoms with Crippen LogP contribution in [-0.2, 0) is 4.79 Å². The Bertz CT molecular complexity index is 486. The Kier molecular flexibility index (Phi) is 3.99. The molecule has 0 aromatic carbocycles. The summed E-state index contributed by atoms with van der Waals surface area (Å²) in [6.45, 7) is 0.456. The zero-order valence-corrected chi connectivity index (χ0v) is 10.8. The van der Waals surface area contributed by atoms with Crippen molar-refractivity contribution in [3.05, 3.63) is 24.0 Å². The number of carbonyl (C=O) groups is 2. The Morgan fingerprint density at radius 2 is 2.26 bits per heavy atom. The summed E-state index contributed by atoms with van der Waals surface area (Å²) >= 11 is 0. The van der Waals surface area contributed by atoms with Crippen molar-refractivity contribution in [1.82, 2.24) is 10.3 Å². The smallest absolute Gasteiger partial charge is 0.305 e. The second-order valence-electron chi connectivity index (χ2n) is 4.55. The van der Waals surface area contributed by atoms with E-state index in [0.29, 0.717) is 18.3 Å². The highest BCUT2D eigenvalue weighted by Gasteiger charge is 2.29. The minimum Gasteiger partial charge on any atom is -0.481 e. The number of carboxylic acids is 1. The van der Waals surface area contributed by atoms with Crippen molar-refractivity contribution in [2.75, 3.05) is 18.5 Å². The summed E-state index contributed by atoms with van der Waals surface area (Å²) < 4.78 is 0. The molecule has 1 aliphatic rings. The topological polar surface area (TPSA) is 82.5 Å². The van der Waals surface area contributed by atoms with E-state index in [-0.39, 0.29) is 12.3 Å². The SMILES string of the molecule is CNC(=O)c1cc(N(CCC(=O)O)C2CC2)ccn1. The van der Waals surface area contributed by atoms with Crippen molar-refractivity contribution in [3.8, 4) is 0 Å². The molecule has 1 aliphatic carbocycles. The van der Waals surface area contributed by atoms with Crippen molar-refractivity contribution < 1.29 is 14.7 Å². The van der Waals surface area contributed by atoms with Crippen molar-refractivity contribution in [3.63, 3.8) is 0 Å². The Labute approximate surface area is 111 Å². The van der Waals surface area contributed by atoms with E-state index >= 15 is 0 Å². The monoisotopic (exact) mass is 263 g/mol. The van der Waals surface area contributed by atoms with Crippen molar-refractivity contribution in [2.24, 2.45) is 0 Å². The average molecular weight is 263 g/mol. The molecule has 102 valence electrons. The molecule has 0 aliphatic heterocycles. The first-order valence-electron chi connectivity index (χ1n) is 6.28. The molecule has 0 atom stereocenters. The molecule has 1 saturated carbocycles. The second kappa shape index (κ2) is 5.69. The van der Waals surface area contributed by atoms with Gasteiger partial charge in [0.15, 0.2) is 0 Å². The molecule has 0 unspecified atom stereocenters. The lowest BCUT2D eigenvalue weighted by atomic mass is 10.2. The molecule has 1 fully saturated rings. The van der Waals surface area contributed by atoms with Crippen LogP contribution in [0, 0.1) is 0 Å². The van der Waals surface area contributed by atoms with Gasteiger partial charge in [0.2, 0.25) is 0 Å². The van der Waals surface area contributed by atoms with Crippen molar-refractivity contribution in [2.45, 2.75) is 25.3 Å². The van der Waals surface area contributed by atoms with E-state index in [1.807, 2.05) is 11.0 Å². The molecule has 6 nitrogen and oxygen atoms in total. The van der Waals surface area contributed by atoms with Crippen LogP contribution in [0.5, 0.6) is 0 Å². The van der Waals surface area contributed by atoms with Gasteiger partial charge in [0.1, 0.15) is 5.69 Å². The Hall–Kier alpha value is -2.11. The highest BCUT2D eigenvalue weighted by Crippen LogP contribution is 2.31. The highest BCUT2D eigenvalue weighted by atomic mass is 16.4. The molecular weight excluding hydrogens is 246 g/mol. The lowest BCUT2D eigenvalue weighted by molar-refractivity contribution is -0.136. The summed E-state index contributed by atoms with van der Waals surface area (Å²) in [6.07, 6.45) is 3.80. The Balaban J connectivity index is 2.16. The molecule has 1 aromatic heterocycles. The lowest BCUT2D eigenvalue weighted by Crippen LogP contribution is -2.29. The number of aromatic nitrogens is 1. The minimum atomic E-state index is -0.814. The van der Waals surface area contributed by atoms with Crippen LogP contribution in [0.2, 0.25) is 0 Å². The van der Waals surface area contributed by atoms with E-state index < -0.39 is 5.97 Å². The van der Waals surface area contributed by atoms with Gasteiger partial charge in [0.05, 0.1) is 6.42 Å². The van der Waals surface area contributed by atoms with Gasteiger partial charge in [0, 0.05) is 31.5 Å². The van der Waals surface area contributed by atoms with Gasteiger partial charge in [-0.1, -0.05) is 0 Å². The number of carbonyl (C=O) groups excluding carboxylic acids is 1. The highest BCUT2D eigenvalue weighted by molar-refractivity contribution is 5.92. The van der Waals surface area contributed by atoms with Crippen molar-refractivity contribution >= 4 is 17.6 Å². The molecule has 1 aromatic rings. The van der Waals surface area contributed by atoms with Gasteiger partial charge in [-0.25, -0.2) is 0 Å². The fourth-order valence-corrected chi connectivity index (χ4v) is 1.98. The van der Waals surface area contributed by atoms with Gasteiger partial charge in [-0.2, -0.15) is 0 Å². The molecule has 0 bridgehead atoms. The zero-order chi connectivity index (χ0) is 13.8. The lowest BCUT2D eigenvalue weighted by Gasteiger charge is -2.24. The fourth-order valence-electron chi connectivity index (χ4n) is 1.98. The summed E-state index contributed by atoms with van der Waals surface area (Å²) in [4.78, 5) is 28.3. The molecule has 1 heterocycles. The molecule has 0 spiro atoms. The third-order valence-electron chi connectivity index (χ3n) is 3.09. The van der Waals surface area contributed by atoms with Crippen LogP contribution < -0.4 is 10.2 Å². The maximum Gasteiger partial charge on any atom is 0.305 e. The summed E-state index contributed by atoms with van der Waals surface area (Å²) in [7, 11) is 1.56. The van der Waals surface area contributed by atoms with Crippen LogP contribution in [0.1, 0.15) is 29.8 Å². The molecule has 19 heavy (non-hydrogen) atoms. The molecule has 2 N–H and O–H groups in total. The van der Waals surface area contributed by atoms with Crippen LogP contribution in [-0.4, -0.2) is 41.6 Å². The number of nitrogens with one attached hydrogen (secondary N) is 1. The molecule has 0 radical (unpaired) electrons. The van der Waals surface area contributed by atoms with Crippen LogP contribution in [0.15, 0.2) is 18.3 Å². The number of anilines is 1. The number of carboxylic acid groups (broad SMARTS) is 1. The van der Waals surface area contributed by atoms with Crippen LogP contribution in [0.3, 0.4) is 0 Å². The molecule has 1 amide bonds. The zero-order valence-electron chi connectivity index (χ0n) is 10.8. The van der Waals surface area contributed by atoms with E-state index in [1.54, 1.807) is 19.3 Å².